The van der Waals surface area contributed by atoms with Crippen LogP contribution in [0.2, 0.25) is 0 Å². The summed E-state index contributed by atoms with van der Waals surface area (Å²) in [6.45, 7) is 0. The smallest absolute Gasteiger partial charge is 0.417 e. The molecule has 0 amide bonds. The predicted molar refractivity (Wildman–Crippen MR) is 93.2 cm³/mol. The van der Waals surface area contributed by atoms with Gasteiger partial charge in [-0.1, -0.05) is 35.1 Å². The third-order valence-electron chi connectivity index (χ3n) is 4.28. The van der Waals surface area contributed by atoms with Crippen molar-refractivity contribution >= 4 is 0 Å². The predicted octanol–water partition coefficient (Wildman–Crippen LogP) is 4.07. The van der Waals surface area contributed by atoms with Gasteiger partial charge in [0, 0.05) is 18.2 Å². The summed E-state index contributed by atoms with van der Waals surface area (Å²) >= 11 is 0. The van der Waals surface area contributed by atoms with E-state index in [2.05, 4.69) is 4.98 Å². The standard InChI is InChI=1S/C19H12F6N2O3/c20-18(21,22)12-5-6-14(15(8-12)19(23,24)25)11-3-1-10(2-4-11)7-13-9-16(28)27(30)17(29)26-13/h1-6,8-9,30H,7H2,(H,26,29). The number of aromatic amines is 1. The van der Waals surface area contributed by atoms with Gasteiger partial charge in [-0.3, -0.25) is 4.79 Å². The Kier molecular flexibility index (Phi) is 5.23. The van der Waals surface area contributed by atoms with Gasteiger partial charge in [-0.25, -0.2) is 4.79 Å². The van der Waals surface area contributed by atoms with E-state index in [1.165, 1.54) is 24.3 Å². The lowest BCUT2D eigenvalue weighted by atomic mass is 9.95. The zero-order chi connectivity index (χ0) is 22.3. The Morgan fingerprint density at radius 3 is 2.03 bits per heavy atom. The molecule has 0 bridgehead atoms. The number of halogens is 6. The second-order valence-electron chi connectivity index (χ2n) is 6.38. The molecule has 0 aliphatic carbocycles. The molecular formula is C19H12F6N2O3. The van der Waals surface area contributed by atoms with Crippen molar-refractivity contribution in [2.24, 2.45) is 0 Å². The minimum Gasteiger partial charge on any atom is -0.421 e. The number of H-pyrrole nitrogens is 1. The van der Waals surface area contributed by atoms with Crippen LogP contribution in [-0.2, 0) is 18.8 Å². The minimum atomic E-state index is -5.00. The van der Waals surface area contributed by atoms with E-state index in [9.17, 15) is 35.9 Å². The summed E-state index contributed by atoms with van der Waals surface area (Å²) in [7, 11) is 0. The maximum atomic E-state index is 13.3. The number of nitrogens with zero attached hydrogens (tertiary/aromatic N) is 1. The summed E-state index contributed by atoms with van der Waals surface area (Å²) in [6.07, 6.45) is -9.88. The molecule has 158 valence electrons. The lowest BCUT2D eigenvalue weighted by Crippen LogP contribution is -2.33. The molecule has 1 aromatic heterocycles. The topological polar surface area (TPSA) is 75.1 Å². The summed E-state index contributed by atoms with van der Waals surface area (Å²) in [5, 5.41) is 9.12. The fourth-order valence-electron chi connectivity index (χ4n) is 2.86. The van der Waals surface area contributed by atoms with E-state index in [1.807, 2.05) is 0 Å². The Labute approximate surface area is 163 Å². The fraction of sp³-hybridized carbons (Fsp3) is 0.158. The summed E-state index contributed by atoms with van der Waals surface area (Å²) in [6, 6.07) is 7.79. The molecule has 11 heteroatoms. The second-order valence-corrected chi connectivity index (χ2v) is 6.38. The SMILES string of the molecule is O=c1cc(Cc2ccc(-c3ccc(C(F)(F)F)cc3C(F)(F)F)cc2)[nH]c(=O)n1O. The molecule has 2 aromatic carbocycles. The molecule has 0 spiro atoms. The minimum absolute atomic E-state index is 0.0325. The molecule has 0 atom stereocenters. The summed E-state index contributed by atoms with van der Waals surface area (Å²) < 4.78 is 78.3. The highest BCUT2D eigenvalue weighted by atomic mass is 19.4. The first-order chi connectivity index (χ1) is 13.9. The normalized spacial score (nSPS) is 12.2. The van der Waals surface area contributed by atoms with Gasteiger partial charge in [-0.2, -0.15) is 26.3 Å². The lowest BCUT2D eigenvalue weighted by Gasteiger charge is -2.16. The molecule has 5 nitrogen and oxygen atoms in total. The number of hydrogen-bond acceptors (Lipinski definition) is 3. The molecule has 3 aromatic rings. The van der Waals surface area contributed by atoms with Crippen LogP contribution in [-0.4, -0.2) is 14.9 Å². The quantitative estimate of drug-likeness (QED) is 0.486. The second kappa shape index (κ2) is 7.39. The molecule has 0 unspecified atom stereocenters. The van der Waals surface area contributed by atoms with Crippen molar-refractivity contribution in [2.75, 3.05) is 0 Å². The summed E-state index contributed by atoms with van der Waals surface area (Å²) in [5.74, 6) is 0. The molecule has 0 saturated heterocycles. The molecule has 0 fully saturated rings. The Bertz CT molecular complexity index is 1160. The van der Waals surface area contributed by atoms with E-state index in [1.54, 1.807) is 0 Å². The van der Waals surface area contributed by atoms with Crippen LogP contribution in [0.4, 0.5) is 26.3 Å². The number of alkyl halides is 6. The Balaban J connectivity index is 1.96. The largest absolute Gasteiger partial charge is 0.421 e. The highest BCUT2D eigenvalue weighted by Crippen LogP contribution is 2.40. The fourth-order valence-corrected chi connectivity index (χ4v) is 2.86. The zero-order valence-corrected chi connectivity index (χ0v) is 14.8. The molecule has 3 rings (SSSR count). The first-order valence-electron chi connectivity index (χ1n) is 8.28. The van der Waals surface area contributed by atoms with Gasteiger partial charge in [-0.15, -0.1) is 0 Å². The number of aromatic nitrogens is 2. The Morgan fingerprint density at radius 1 is 0.867 bits per heavy atom. The number of nitrogens with one attached hydrogen (secondary N) is 1. The van der Waals surface area contributed by atoms with Crippen molar-refractivity contribution in [1.82, 2.24) is 9.71 Å². The third-order valence-corrected chi connectivity index (χ3v) is 4.28. The molecular weight excluding hydrogens is 418 g/mol. The van der Waals surface area contributed by atoms with Crippen LogP contribution in [0, 0.1) is 0 Å². The maximum absolute atomic E-state index is 13.3. The van der Waals surface area contributed by atoms with Gasteiger partial charge in [0.2, 0.25) is 0 Å². The van der Waals surface area contributed by atoms with Crippen LogP contribution >= 0.6 is 0 Å². The van der Waals surface area contributed by atoms with Crippen molar-refractivity contribution in [1.29, 1.82) is 0 Å². The van der Waals surface area contributed by atoms with Crippen LogP contribution in [0.25, 0.3) is 11.1 Å². The monoisotopic (exact) mass is 430 g/mol. The number of rotatable bonds is 3. The van der Waals surface area contributed by atoms with Crippen LogP contribution in [0.1, 0.15) is 22.4 Å². The maximum Gasteiger partial charge on any atom is 0.417 e. The molecule has 0 radical (unpaired) electrons. The highest BCUT2D eigenvalue weighted by Gasteiger charge is 2.38. The van der Waals surface area contributed by atoms with E-state index in [0.29, 0.717) is 11.6 Å². The number of benzene rings is 2. The molecule has 0 aliphatic heterocycles. The average Bonchev–Trinajstić information content (AvgIpc) is 2.65. The van der Waals surface area contributed by atoms with Gasteiger partial charge in [0.25, 0.3) is 5.56 Å². The first kappa shape index (κ1) is 21.2. The van der Waals surface area contributed by atoms with Crippen LogP contribution in [0.5, 0.6) is 0 Å². The van der Waals surface area contributed by atoms with E-state index in [-0.39, 0.29) is 28.5 Å². The lowest BCUT2D eigenvalue weighted by molar-refractivity contribution is -0.142. The highest BCUT2D eigenvalue weighted by molar-refractivity contribution is 5.69. The van der Waals surface area contributed by atoms with Gasteiger partial charge in [-0.05, 0) is 28.8 Å². The van der Waals surface area contributed by atoms with Gasteiger partial charge in [0.15, 0.2) is 0 Å². The molecule has 30 heavy (non-hydrogen) atoms. The van der Waals surface area contributed by atoms with Crippen LogP contribution < -0.4 is 11.2 Å². The Morgan fingerprint density at radius 2 is 1.50 bits per heavy atom. The Hall–Kier alpha value is -3.50. The van der Waals surface area contributed by atoms with Gasteiger partial charge < -0.3 is 10.2 Å². The van der Waals surface area contributed by atoms with Crippen molar-refractivity contribution < 1.29 is 31.5 Å². The third kappa shape index (κ3) is 4.39. The van der Waals surface area contributed by atoms with Crippen molar-refractivity contribution in [3.63, 3.8) is 0 Å². The molecule has 0 saturated carbocycles. The van der Waals surface area contributed by atoms with Crippen molar-refractivity contribution in [2.45, 2.75) is 18.8 Å². The summed E-state index contributed by atoms with van der Waals surface area (Å²) in [4.78, 5) is 25.1. The molecule has 2 N–H and O–H groups in total. The molecule has 0 aliphatic rings. The van der Waals surface area contributed by atoms with Crippen LogP contribution in [0.15, 0.2) is 58.1 Å². The number of hydrogen-bond donors (Lipinski definition) is 2. The van der Waals surface area contributed by atoms with Crippen molar-refractivity contribution in [3.8, 4) is 11.1 Å². The van der Waals surface area contributed by atoms with Gasteiger partial charge >= 0.3 is 18.0 Å². The average molecular weight is 430 g/mol. The zero-order valence-electron chi connectivity index (χ0n) is 14.8. The van der Waals surface area contributed by atoms with E-state index in [0.717, 1.165) is 12.1 Å². The summed E-state index contributed by atoms with van der Waals surface area (Å²) in [5.41, 5.74) is -4.53. The van der Waals surface area contributed by atoms with Gasteiger partial charge in [0.1, 0.15) is 0 Å². The van der Waals surface area contributed by atoms with Gasteiger partial charge in [0.05, 0.1) is 11.1 Å². The van der Waals surface area contributed by atoms with Crippen LogP contribution in [0.3, 0.4) is 0 Å². The van der Waals surface area contributed by atoms with Crippen molar-refractivity contribution in [3.05, 3.63) is 91.8 Å². The molecule has 1 heterocycles. The first-order valence-corrected chi connectivity index (χ1v) is 8.28. The van der Waals surface area contributed by atoms with E-state index >= 15 is 0 Å². The van der Waals surface area contributed by atoms with E-state index in [4.69, 9.17) is 5.21 Å². The van der Waals surface area contributed by atoms with E-state index < -0.39 is 40.3 Å².